The molecular formula is C28H27N7O. The van der Waals surface area contributed by atoms with Crippen LogP contribution in [0.3, 0.4) is 0 Å². The molecule has 6 heterocycles. The first-order valence-electron chi connectivity index (χ1n) is 12.6. The predicted molar refractivity (Wildman–Crippen MR) is 137 cm³/mol. The molecule has 0 saturated carbocycles. The summed E-state index contributed by atoms with van der Waals surface area (Å²) in [7, 11) is 0. The Balaban J connectivity index is 1.40. The maximum absolute atomic E-state index is 11.9. The highest BCUT2D eigenvalue weighted by Crippen LogP contribution is 2.44. The van der Waals surface area contributed by atoms with Crippen LogP contribution in [-0.2, 0) is 4.79 Å². The van der Waals surface area contributed by atoms with Crippen molar-refractivity contribution in [2.75, 3.05) is 6.54 Å². The Hall–Kier alpha value is -3.91. The third-order valence-corrected chi connectivity index (χ3v) is 7.96. The molecule has 1 aromatic carbocycles. The molecule has 2 fully saturated rings. The van der Waals surface area contributed by atoms with Crippen molar-refractivity contribution >= 4 is 22.3 Å². The zero-order valence-electron chi connectivity index (χ0n) is 20.1. The fraction of sp³-hybridized carbons (Fsp3) is 0.321. The molecular weight excluding hydrogens is 450 g/mol. The van der Waals surface area contributed by atoms with Crippen LogP contribution < -0.4 is 0 Å². The molecule has 2 saturated heterocycles. The molecule has 4 aromatic heterocycles. The predicted octanol–water partition coefficient (Wildman–Crippen LogP) is 4.63. The standard InChI is InChI=1S/C28H27N7O/c1-17(36)16-34-20-5-6-21(34)14-19(13-20)25-9-12-30-28-26(22-3-2-4-24-23(22)15-31-32-24)27(33-35(25)28)18-7-10-29-11-8-18/h2-4,7-12,15,19-21H,5-6,13-14,16H2,1H3,(H,31,32). The molecule has 2 bridgehead atoms. The summed E-state index contributed by atoms with van der Waals surface area (Å²) in [5.41, 5.74) is 7.00. The Morgan fingerprint density at radius 1 is 1.06 bits per heavy atom. The number of fused-ring (bicyclic) bond motifs is 4. The van der Waals surface area contributed by atoms with E-state index in [1.165, 1.54) is 5.69 Å². The van der Waals surface area contributed by atoms with Crippen molar-refractivity contribution in [1.29, 1.82) is 0 Å². The summed E-state index contributed by atoms with van der Waals surface area (Å²) < 4.78 is 2.06. The van der Waals surface area contributed by atoms with E-state index in [9.17, 15) is 4.79 Å². The number of carbonyl (C=O) groups is 1. The molecule has 36 heavy (non-hydrogen) atoms. The number of piperidine rings is 1. The summed E-state index contributed by atoms with van der Waals surface area (Å²) in [6, 6.07) is 13.2. The van der Waals surface area contributed by atoms with Gasteiger partial charge in [0.1, 0.15) is 11.5 Å². The zero-order chi connectivity index (χ0) is 24.2. The first kappa shape index (κ1) is 21.4. The summed E-state index contributed by atoms with van der Waals surface area (Å²) >= 11 is 0. The van der Waals surface area contributed by atoms with Gasteiger partial charge in [0.15, 0.2) is 5.65 Å². The Bertz CT molecular complexity index is 1570. The van der Waals surface area contributed by atoms with Gasteiger partial charge in [0.05, 0.1) is 23.8 Å². The SMILES string of the molecule is CC(=O)CN1C2CCC1CC(c1ccnc3c(-c4cccc5[nH]ncc45)c(-c4ccncc4)nn13)C2. The van der Waals surface area contributed by atoms with Gasteiger partial charge in [-0.15, -0.1) is 0 Å². The lowest BCUT2D eigenvalue weighted by molar-refractivity contribution is -0.119. The van der Waals surface area contributed by atoms with Crippen molar-refractivity contribution in [3.8, 4) is 22.4 Å². The van der Waals surface area contributed by atoms with Crippen molar-refractivity contribution in [2.45, 2.75) is 50.6 Å². The van der Waals surface area contributed by atoms with Crippen LogP contribution in [0, 0.1) is 0 Å². The lowest BCUT2D eigenvalue weighted by Gasteiger charge is -2.38. The highest BCUT2D eigenvalue weighted by Gasteiger charge is 2.42. The second kappa shape index (κ2) is 8.34. The largest absolute Gasteiger partial charge is 0.299 e. The van der Waals surface area contributed by atoms with Crippen LogP contribution in [0.1, 0.15) is 44.2 Å². The minimum Gasteiger partial charge on any atom is -0.299 e. The van der Waals surface area contributed by atoms with Gasteiger partial charge >= 0.3 is 0 Å². The van der Waals surface area contributed by atoms with Crippen LogP contribution >= 0.6 is 0 Å². The molecule has 2 unspecified atom stereocenters. The van der Waals surface area contributed by atoms with Crippen LogP contribution in [0.5, 0.6) is 0 Å². The number of carbonyl (C=O) groups excluding carboxylic acids is 1. The number of rotatable bonds is 5. The maximum Gasteiger partial charge on any atom is 0.163 e. The molecule has 0 amide bonds. The first-order valence-corrected chi connectivity index (χ1v) is 12.6. The molecule has 8 heteroatoms. The molecule has 180 valence electrons. The lowest BCUT2D eigenvalue weighted by atomic mass is 9.87. The molecule has 0 aliphatic carbocycles. The molecule has 2 atom stereocenters. The Morgan fingerprint density at radius 2 is 1.86 bits per heavy atom. The van der Waals surface area contributed by atoms with E-state index in [1.54, 1.807) is 19.3 Å². The number of Topliss-reactive ketones (excluding diaryl/α,β-unsaturated/α-hetero) is 1. The molecule has 8 nitrogen and oxygen atoms in total. The molecule has 1 N–H and O–H groups in total. The van der Waals surface area contributed by atoms with Gasteiger partial charge in [-0.2, -0.15) is 10.2 Å². The third-order valence-electron chi connectivity index (χ3n) is 7.96. The van der Waals surface area contributed by atoms with E-state index in [0.717, 1.165) is 64.6 Å². The molecule has 2 aliphatic heterocycles. The highest BCUT2D eigenvalue weighted by atomic mass is 16.1. The smallest absolute Gasteiger partial charge is 0.163 e. The van der Waals surface area contributed by atoms with E-state index in [4.69, 9.17) is 10.1 Å². The molecule has 0 radical (unpaired) electrons. The maximum atomic E-state index is 11.9. The normalized spacial score (nSPS) is 22.0. The summed E-state index contributed by atoms with van der Waals surface area (Å²) in [4.78, 5) is 23.4. The number of aromatic nitrogens is 6. The van der Waals surface area contributed by atoms with Gasteiger partial charge in [-0.05, 0) is 62.4 Å². The van der Waals surface area contributed by atoms with Crippen molar-refractivity contribution in [3.63, 3.8) is 0 Å². The zero-order valence-corrected chi connectivity index (χ0v) is 20.1. The number of hydrogen-bond donors (Lipinski definition) is 1. The van der Waals surface area contributed by atoms with E-state index in [1.807, 2.05) is 36.7 Å². The third kappa shape index (κ3) is 3.36. The average Bonchev–Trinajstić information content (AvgIpc) is 3.58. The van der Waals surface area contributed by atoms with E-state index in [0.29, 0.717) is 24.5 Å². The van der Waals surface area contributed by atoms with Gasteiger partial charge in [-0.1, -0.05) is 12.1 Å². The molecule has 0 spiro atoms. The van der Waals surface area contributed by atoms with Crippen LogP contribution in [0.25, 0.3) is 38.9 Å². The molecule has 7 rings (SSSR count). The fourth-order valence-corrected chi connectivity index (χ4v) is 6.45. The highest BCUT2D eigenvalue weighted by molar-refractivity contribution is 6.02. The van der Waals surface area contributed by atoms with E-state index in [2.05, 4.69) is 36.7 Å². The number of benzene rings is 1. The lowest BCUT2D eigenvalue weighted by Crippen LogP contribution is -2.44. The van der Waals surface area contributed by atoms with Gasteiger partial charge in [0.2, 0.25) is 0 Å². The van der Waals surface area contributed by atoms with Gasteiger partial charge in [0.25, 0.3) is 0 Å². The van der Waals surface area contributed by atoms with Crippen molar-refractivity contribution in [2.24, 2.45) is 0 Å². The minimum atomic E-state index is 0.254. The minimum absolute atomic E-state index is 0.254. The average molecular weight is 478 g/mol. The van der Waals surface area contributed by atoms with Crippen LogP contribution in [0.15, 0.2) is 61.2 Å². The second-order valence-electron chi connectivity index (χ2n) is 10.1. The summed E-state index contributed by atoms with van der Waals surface area (Å²) in [5.74, 6) is 0.628. The number of H-pyrrole nitrogens is 1. The summed E-state index contributed by atoms with van der Waals surface area (Å²) in [5, 5.41) is 13.6. The number of ketones is 1. The Labute approximate surface area is 208 Å². The number of aromatic amines is 1. The van der Waals surface area contributed by atoms with Crippen molar-refractivity contribution in [3.05, 3.63) is 66.9 Å². The monoisotopic (exact) mass is 477 g/mol. The van der Waals surface area contributed by atoms with E-state index >= 15 is 0 Å². The Kier molecular flexibility index (Phi) is 4.95. The van der Waals surface area contributed by atoms with Crippen LogP contribution in [-0.4, -0.2) is 59.1 Å². The van der Waals surface area contributed by atoms with E-state index in [-0.39, 0.29) is 5.78 Å². The van der Waals surface area contributed by atoms with Gasteiger partial charge in [0, 0.05) is 53.2 Å². The number of pyridine rings is 1. The summed E-state index contributed by atoms with van der Waals surface area (Å²) in [6.07, 6.45) is 11.8. The quantitative estimate of drug-likeness (QED) is 0.397. The second-order valence-corrected chi connectivity index (χ2v) is 10.1. The van der Waals surface area contributed by atoms with Crippen LogP contribution in [0.4, 0.5) is 0 Å². The number of nitrogens with zero attached hydrogens (tertiary/aromatic N) is 6. The van der Waals surface area contributed by atoms with Crippen molar-refractivity contribution < 1.29 is 4.79 Å². The van der Waals surface area contributed by atoms with Gasteiger partial charge < -0.3 is 0 Å². The number of nitrogens with one attached hydrogen (secondary N) is 1. The summed E-state index contributed by atoms with van der Waals surface area (Å²) in [6.45, 7) is 2.27. The van der Waals surface area contributed by atoms with Gasteiger partial charge in [-0.3, -0.25) is 19.8 Å². The Morgan fingerprint density at radius 3 is 2.64 bits per heavy atom. The first-order chi connectivity index (χ1) is 17.7. The van der Waals surface area contributed by atoms with Crippen LogP contribution in [0.2, 0.25) is 0 Å². The van der Waals surface area contributed by atoms with Crippen molar-refractivity contribution in [1.82, 2.24) is 34.7 Å². The number of hydrogen-bond acceptors (Lipinski definition) is 6. The molecule has 2 aliphatic rings. The van der Waals surface area contributed by atoms with E-state index < -0.39 is 0 Å². The topological polar surface area (TPSA) is 92.1 Å². The van der Waals surface area contributed by atoms with Gasteiger partial charge in [-0.25, -0.2) is 9.50 Å². The molecule has 5 aromatic rings. The fourth-order valence-electron chi connectivity index (χ4n) is 6.45.